The molecule has 0 heterocycles. The molecule has 0 aliphatic heterocycles. The molecular formula is C16H25F2N. The smallest absolute Gasteiger partial charge is 0.163 e. The van der Waals surface area contributed by atoms with Crippen molar-refractivity contribution >= 4 is 0 Å². The molecule has 108 valence electrons. The van der Waals surface area contributed by atoms with Gasteiger partial charge in [0.25, 0.3) is 0 Å². The fourth-order valence-electron chi connectivity index (χ4n) is 2.58. The second kappa shape index (κ2) is 8.26. The average molecular weight is 269 g/mol. The Kier molecular flexibility index (Phi) is 7.00. The van der Waals surface area contributed by atoms with Crippen molar-refractivity contribution in [1.82, 2.24) is 5.32 Å². The van der Waals surface area contributed by atoms with E-state index in [-0.39, 0.29) is 6.04 Å². The summed E-state index contributed by atoms with van der Waals surface area (Å²) >= 11 is 0. The summed E-state index contributed by atoms with van der Waals surface area (Å²) in [6.07, 6.45) is 4.26. The van der Waals surface area contributed by atoms with E-state index in [1.54, 1.807) is 12.1 Å². The highest BCUT2D eigenvalue weighted by Gasteiger charge is 2.24. The van der Waals surface area contributed by atoms with Crippen LogP contribution in [0.25, 0.3) is 0 Å². The molecule has 0 saturated heterocycles. The van der Waals surface area contributed by atoms with Gasteiger partial charge in [0.1, 0.15) is 0 Å². The molecule has 1 aromatic carbocycles. The molecule has 0 saturated carbocycles. The Morgan fingerprint density at radius 2 is 1.89 bits per heavy atom. The molecule has 0 aliphatic rings. The van der Waals surface area contributed by atoms with Crippen molar-refractivity contribution in [2.24, 2.45) is 5.92 Å². The Morgan fingerprint density at radius 3 is 2.47 bits per heavy atom. The highest BCUT2D eigenvalue weighted by atomic mass is 19.2. The van der Waals surface area contributed by atoms with Crippen LogP contribution >= 0.6 is 0 Å². The van der Waals surface area contributed by atoms with Crippen molar-refractivity contribution in [3.05, 3.63) is 35.4 Å². The summed E-state index contributed by atoms with van der Waals surface area (Å²) in [5.41, 5.74) is 0.463. The number of hydrogen-bond donors (Lipinski definition) is 1. The predicted molar refractivity (Wildman–Crippen MR) is 76.1 cm³/mol. The lowest BCUT2D eigenvalue weighted by Gasteiger charge is -2.28. The zero-order chi connectivity index (χ0) is 14.3. The number of hydrogen-bond acceptors (Lipinski definition) is 1. The van der Waals surface area contributed by atoms with Gasteiger partial charge in [-0.2, -0.15) is 0 Å². The van der Waals surface area contributed by atoms with Crippen molar-refractivity contribution in [1.29, 1.82) is 0 Å². The van der Waals surface area contributed by atoms with Gasteiger partial charge in [0, 0.05) is 11.6 Å². The van der Waals surface area contributed by atoms with Crippen LogP contribution in [0.5, 0.6) is 0 Å². The lowest BCUT2D eigenvalue weighted by molar-refractivity contribution is 0.317. The van der Waals surface area contributed by atoms with Gasteiger partial charge < -0.3 is 5.32 Å². The molecule has 2 unspecified atom stereocenters. The normalized spacial score (nSPS) is 14.4. The van der Waals surface area contributed by atoms with E-state index in [1.807, 2.05) is 6.92 Å². The van der Waals surface area contributed by atoms with E-state index in [2.05, 4.69) is 19.2 Å². The van der Waals surface area contributed by atoms with E-state index in [1.165, 1.54) is 6.07 Å². The first-order chi connectivity index (χ1) is 9.15. The van der Waals surface area contributed by atoms with E-state index in [9.17, 15) is 8.78 Å². The number of halogens is 2. The standard InChI is InChI=1S/C16H25F2N/c1-4-7-9-12(5-2)16(19-6-3)13-10-8-11-14(17)15(13)18/h8,10-12,16,19H,4-7,9H2,1-3H3. The first kappa shape index (κ1) is 16.1. The van der Waals surface area contributed by atoms with Gasteiger partial charge in [-0.25, -0.2) is 8.78 Å². The highest BCUT2D eigenvalue weighted by molar-refractivity contribution is 5.23. The van der Waals surface area contributed by atoms with Gasteiger partial charge in [-0.15, -0.1) is 0 Å². The van der Waals surface area contributed by atoms with Crippen molar-refractivity contribution < 1.29 is 8.78 Å². The third-order valence-electron chi connectivity index (χ3n) is 3.66. The maximum atomic E-state index is 14.0. The Morgan fingerprint density at radius 1 is 1.16 bits per heavy atom. The summed E-state index contributed by atoms with van der Waals surface area (Å²) in [5, 5.41) is 3.32. The minimum Gasteiger partial charge on any atom is -0.310 e. The van der Waals surface area contributed by atoms with Crippen LogP contribution in [0.4, 0.5) is 8.78 Å². The molecular weight excluding hydrogens is 244 g/mol. The third-order valence-corrected chi connectivity index (χ3v) is 3.66. The SMILES string of the molecule is CCCCC(CC)C(NCC)c1cccc(F)c1F. The topological polar surface area (TPSA) is 12.0 Å². The van der Waals surface area contributed by atoms with E-state index in [0.29, 0.717) is 11.5 Å². The molecule has 1 nitrogen and oxygen atoms in total. The summed E-state index contributed by atoms with van der Waals surface area (Å²) < 4.78 is 27.4. The molecule has 0 spiro atoms. The van der Waals surface area contributed by atoms with Crippen LogP contribution < -0.4 is 5.32 Å². The van der Waals surface area contributed by atoms with Crippen molar-refractivity contribution in [3.8, 4) is 0 Å². The minimum absolute atomic E-state index is 0.0998. The largest absolute Gasteiger partial charge is 0.310 e. The molecule has 1 aromatic rings. The van der Waals surface area contributed by atoms with E-state index < -0.39 is 11.6 Å². The Hall–Kier alpha value is -0.960. The van der Waals surface area contributed by atoms with Gasteiger partial charge in [-0.05, 0) is 24.9 Å². The van der Waals surface area contributed by atoms with Crippen molar-refractivity contribution in [2.45, 2.75) is 52.5 Å². The molecule has 2 atom stereocenters. The first-order valence-corrected chi connectivity index (χ1v) is 7.32. The maximum absolute atomic E-state index is 14.0. The monoisotopic (exact) mass is 269 g/mol. The van der Waals surface area contributed by atoms with Crippen LogP contribution in [-0.4, -0.2) is 6.54 Å². The van der Waals surface area contributed by atoms with Gasteiger partial charge in [0.2, 0.25) is 0 Å². The van der Waals surface area contributed by atoms with E-state index in [4.69, 9.17) is 0 Å². The molecule has 0 bridgehead atoms. The molecule has 0 fully saturated rings. The Labute approximate surface area is 115 Å². The Bertz CT molecular complexity index is 379. The molecule has 1 rings (SSSR count). The zero-order valence-corrected chi connectivity index (χ0v) is 12.2. The predicted octanol–water partition coefficient (Wildman–Crippen LogP) is 4.83. The van der Waals surface area contributed by atoms with Crippen molar-refractivity contribution in [2.75, 3.05) is 6.54 Å². The molecule has 0 amide bonds. The molecule has 19 heavy (non-hydrogen) atoms. The van der Waals surface area contributed by atoms with Crippen LogP contribution in [0, 0.1) is 17.6 Å². The molecule has 0 aromatic heterocycles. The second-order valence-electron chi connectivity index (χ2n) is 4.99. The van der Waals surface area contributed by atoms with Crippen LogP contribution in [0.2, 0.25) is 0 Å². The summed E-state index contributed by atoms with van der Waals surface area (Å²) in [6, 6.07) is 4.36. The number of unbranched alkanes of at least 4 members (excludes halogenated alkanes) is 1. The average Bonchev–Trinajstić information content (AvgIpc) is 2.41. The molecule has 1 N–H and O–H groups in total. The molecule has 0 aliphatic carbocycles. The molecule has 0 radical (unpaired) electrons. The summed E-state index contributed by atoms with van der Waals surface area (Å²) in [4.78, 5) is 0. The lowest BCUT2D eigenvalue weighted by Crippen LogP contribution is -2.29. The third kappa shape index (κ3) is 4.27. The van der Waals surface area contributed by atoms with E-state index >= 15 is 0 Å². The number of nitrogens with one attached hydrogen (secondary N) is 1. The zero-order valence-electron chi connectivity index (χ0n) is 12.2. The lowest BCUT2D eigenvalue weighted by atomic mass is 9.86. The second-order valence-corrected chi connectivity index (χ2v) is 4.99. The Balaban J connectivity index is 3.00. The fraction of sp³-hybridized carbons (Fsp3) is 0.625. The number of benzene rings is 1. The van der Waals surface area contributed by atoms with Gasteiger partial charge in [-0.3, -0.25) is 0 Å². The first-order valence-electron chi connectivity index (χ1n) is 7.32. The number of rotatable bonds is 8. The highest BCUT2D eigenvalue weighted by Crippen LogP contribution is 2.31. The van der Waals surface area contributed by atoms with Crippen LogP contribution in [0.15, 0.2) is 18.2 Å². The molecule has 3 heteroatoms. The van der Waals surface area contributed by atoms with Crippen molar-refractivity contribution in [3.63, 3.8) is 0 Å². The quantitative estimate of drug-likeness (QED) is 0.712. The summed E-state index contributed by atoms with van der Waals surface area (Å²) in [7, 11) is 0. The van der Waals surface area contributed by atoms with Gasteiger partial charge in [-0.1, -0.05) is 52.2 Å². The van der Waals surface area contributed by atoms with Crippen LogP contribution in [0.1, 0.15) is 58.1 Å². The van der Waals surface area contributed by atoms with Crippen LogP contribution in [-0.2, 0) is 0 Å². The van der Waals surface area contributed by atoms with Gasteiger partial charge in [0.05, 0.1) is 0 Å². The van der Waals surface area contributed by atoms with Gasteiger partial charge in [0.15, 0.2) is 11.6 Å². The van der Waals surface area contributed by atoms with E-state index in [0.717, 1.165) is 32.2 Å². The fourth-order valence-corrected chi connectivity index (χ4v) is 2.58. The summed E-state index contributed by atoms with van der Waals surface area (Å²) in [5.74, 6) is -1.12. The summed E-state index contributed by atoms with van der Waals surface area (Å²) in [6.45, 7) is 7.01. The van der Waals surface area contributed by atoms with Gasteiger partial charge >= 0.3 is 0 Å². The maximum Gasteiger partial charge on any atom is 0.163 e. The minimum atomic E-state index is -0.759. The van der Waals surface area contributed by atoms with Crippen LogP contribution in [0.3, 0.4) is 0 Å².